The maximum atomic E-state index is 14.5. The molecule has 0 atom stereocenters. The Morgan fingerprint density at radius 3 is 2.35 bits per heavy atom. The van der Waals surface area contributed by atoms with Gasteiger partial charge in [-0.25, -0.2) is 9.18 Å². The number of nitrogens with one attached hydrogen (secondary N) is 1. The average molecular weight is 607 g/mol. The molecule has 7 rings (SSSR count). The van der Waals surface area contributed by atoms with E-state index in [0.717, 1.165) is 33.3 Å². The summed E-state index contributed by atoms with van der Waals surface area (Å²) in [4.78, 5) is 30.0. The number of amides is 1. The summed E-state index contributed by atoms with van der Waals surface area (Å²) in [6.07, 6.45) is 5.12. The van der Waals surface area contributed by atoms with Crippen LogP contribution in [0.4, 0.5) is 4.39 Å². The van der Waals surface area contributed by atoms with E-state index in [1.807, 2.05) is 71.4 Å². The van der Waals surface area contributed by atoms with Gasteiger partial charge in [-0.15, -0.1) is 0 Å². The van der Waals surface area contributed by atoms with Gasteiger partial charge >= 0.3 is 5.97 Å². The molecule has 7 nitrogen and oxygen atoms in total. The minimum absolute atomic E-state index is 0.179. The number of fused-ring (bicyclic) bond motifs is 1. The molecule has 6 aromatic rings. The molecule has 4 aromatic carbocycles. The van der Waals surface area contributed by atoms with Gasteiger partial charge in [-0.3, -0.25) is 9.78 Å². The highest BCUT2D eigenvalue weighted by Crippen LogP contribution is 2.46. The molecule has 0 unspecified atom stereocenters. The molecule has 224 valence electrons. The molecule has 0 saturated heterocycles. The summed E-state index contributed by atoms with van der Waals surface area (Å²) in [5.41, 5.74) is 5.77. The molecule has 2 heterocycles. The zero-order valence-corrected chi connectivity index (χ0v) is 24.6. The molecule has 46 heavy (non-hydrogen) atoms. The van der Waals surface area contributed by atoms with Crippen molar-refractivity contribution in [2.75, 3.05) is 0 Å². The molecule has 1 saturated carbocycles. The van der Waals surface area contributed by atoms with Crippen molar-refractivity contribution in [3.8, 4) is 28.5 Å². The van der Waals surface area contributed by atoms with Crippen molar-refractivity contribution in [3.05, 3.63) is 149 Å². The Kier molecular flexibility index (Phi) is 7.14. The molecule has 1 aliphatic rings. The fourth-order valence-corrected chi connectivity index (χ4v) is 5.98. The Morgan fingerprint density at radius 1 is 0.913 bits per heavy atom. The van der Waals surface area contributed by atoms with Crippen LogP contribution in [0.15, 0.2) is 116 Å². The predicted octanol–water partition coefficient (Wildman–Crippen LogP) is 7.55. The van der Waals surface area contributed by atoms with E-state index in [1.54, 1.807) is 42.6 Å². The maximum Gasteiger partial charge on any atom is 0.335 e. The summed E-state index contributed by atoms with van der Waals surface area (Å²) in [5, 5.41) is 22.8. The van der Waals surface area contributed by atoms with E-state index in [0.29, 0.717) is 36.1 Å². The number of rotatable bonds is 8. The molecular weight excluding hydrogens is 579 g/mol. The number of nitriles is 1. The monoisotopic (exact) mass is 606 g/mol. The van der Waals surface area contributed by atoms with Gasteiger partial charge in [0.15, 0.2) is 0 Å². The van der Waals surface area contributed by atoms with Crippen molar-refractivity contribution < 1.29 is 19.1 Å². The van der Waals surface area contributed by atoms with Gasteiger partial charge < -0.3 is 15.0 Å². The molecule has 8 heteroatoms. The molecule has 1 aliphatic carbocycles. The molecule has 0 spiro atoms. The number of hydrogen-bond acceptors (Lipinski definition) is 4. The summed E-state index contributed by atoms with van der Waals surface area (Å²) < 4.78 is 16.5. The van der Waals surface area contributed by atoms with Crippen LogP contribution in [0.5, 0.6) is 0 Å². The van der Waals surface area contributed by atoms with Crippen LogP contribution >= 0.6 is 0 Å². The van der Waals surface area contributed by atoms with Crippen LogP contribution in [0.1, 0.15) is 50.2 Å². The lowest BCUT2D eigenvalue weighted by molar-refractivity contribution is 0.0696. The SMILES string of the molecule is N#Cc1cc(F)cc(-c2cc(C(=O)NC3(c4ccc(C(=O)O)cc4)CC3)c3c(ccn3Cc3ccc(-c4ccccn4)cc3)c2)c1. The standard InChI is InChI=1S/C38H27FN4O3/c39-32-18-25(22-40)17-29(20-32)30-19-28-12-16-43(23-24-4-6-26(7-5-24)34-3-1-2-15-41-34)35(28)33(21-30)36(44)42-38(13-14-38)31-10-8-27(9-11-31)37(45)46/h1-12,15-21H,13-14,23H2,(H,42,44)(H,45,46). The first kappa shape index (κ1) is 28.7. The zero-order chi connectivity index (χ0) is 31.8. The van der Waals surface area contributed by atoms with Gasteiger partial charge in [-0.05, 0) is 95.8 Å². The van der Waals surface area contributed by atoms with E-state index >= 15 is 0 Å². The second-order valence-electron chi connectivity index (χ2n) is 11.6. The highest BCUT2D eigenvalue weighted by molar-refractivity contribution is 6.08. The summed E-state index contributed by atoms with van der Waals surface area (Å²) in [5.74, 6) is -1.84. The lowest BCUT2D eigenvalue weighted by Gasteiger charge is -2.20. The smallest absolute Gasteiger partial charge is 0.335 e. The van der Waals surface area contributed by atoms with E-state index in [2.05, 4.69) is 10.3 Å². The summed E-state index contributed by atoms with van der Waals surface area (Å²) in [6, 6.07) is 32.2. The van der Waals surface area contributed by atoms with Crippen LogP contribution in [0.3, 0.4) is 0 Å². The highest BCUT2D eigenvalue weighted by Gasteiger charge is 2.46. The highest BCUT2D eigenvalue weighted by atomic mass is 19.1. The number of aromatic nitrogens is 2. The van der Waals surface area contributed by atoms with Crippen LogP contribution in [-0.4, -0.2) is 26.5 Å². The number of aromatic carboxylic acids is 1. The van der Waals surface area contributed by atoms with E-state index < -0.39 is 17.3 Å². The fourth-order valence-electron chi connectivity index (χ4n) is 5.98. The fraction of sp³-hybridized carbons (Fsp3) is 0.105. The molecule has 0 aliphatic heterocycles. The molecule has 0 radical (unpaired) electrons. The molecule has 2 aromatic heterocycles. The van der Waals surface area contributed by atoms with Gasteiger partial charge in [-0.2, -0.15) is 5.26 Å². The third kappa shape index (κ3) is 5.51. The van der Waals surface area contributed by atoms with Crippen LogP contribution in [0.25, 0.3) is 33.3 Å². The third-order valence-electron chi connectivity index (χ3n) is 8.52. The second-order valence-corrected chi connectivity index (χ2v) is 11.6. The number of hydrogen-bond donors (Lipinski definition) is 2. The lowest BCUT2D eigenvalue weighted by Crippen LogP contribution is -2.35. The first-order chi connectivity index (χ1) is 22.3. The van der Waals surface area contributed by atoms with Crippen LogP contribution in [0.2, 0.25) is 0 Å². The van der Waals surface area contributed by atoms with Crippen molar-refractivity contribution >= 4 is 22.8 Å². The van der Waals surface area contributed by atoms with Crippen LogP contribution < -0.4 is 5.32 Å². The quantitative estimate of drug-likeness (QED) is 0.186. The minimum Gasteiger partial charge on any atom is -0.478 e. The second kappa shape index (κ2) is 11.5. The van der Waals surface area contributed by atoms with E-state index in [1.165, 1.54) is 12.1 Å². The average Bonchev–Trinajstić information content (AvgIpc) is 3.76. The third-order valence-corrected chi connectivity index (χ3v) is 8.52. The van der Waals surface area contributed by atoms with Crippen molar-refractivity contribution in [3.63, 3.8) is 0 Å². The van der Waals surface area contributed by atoms with Crippen molar-refractivity contribution in [1.82, 2.24) is 14.9 Å². The summed E-state index contributed by atoms with van der Waals surface area (Å²) >= 11 is 0. The topological polar surface area (TPSA) is 108 Å². The minimum atomic E-state index is -1.01. The molecule has 0 bridgehead atoms. The Hall–Kier alpha value is -6.07. The Bertz CT molecular complexity index is 2160. The molecular formula is C38H27FN4O3. The Morgan fingerprint density at radius 2 is 1.67 bits per heavy atom. The number of nitrogens with zero attached hydrogens (tertiary/aromatic N) is 3. The number of halogens is 1. The molecule has 1 amide bonds. The van der Waals surface area contributed by atoms with Gasteiger partial charge in [0.05, 0.1) is 39.5 Å². The summed E-state index contributed by atoms with van der Waals surface area (Å²) in [7, 11) is 0. The first-order valence-electron chi connectivity index (χ1n) is 14.8. The van der Waals surface area contributed by atoms with Gasteiger partial charge in [0, 0.05) is 29.9 Å². The van der Waals surface area contributed by atoms with E-state index in [9.17, 15) is 24.3 Å². The van der Waals surface area contributed by atoms with Gasteiger partial charge in [0.2, 0.25) is 0 Å². The number of carbonyl (C=O) groups excluding carboxylic acids is 1. The van der Waals surface area contributed by atoms with Gasteiger partial charge in [0.25, 0.3) is 5.91 Å². The van der Waals surface area contributed by atoms with E-state index in [4.69, 9.17) is 0 Å². The number of carboxylic acids is 1. The van der Waals surface area contributed by atoms with E-state index in [-0.39, 0.29) is 17.0 Å². The number of benzene rings is 4. The summed E-state index contributed by atoms with van der Waals surface area (Å²) in [6.45, 7) is 0.506. The van der Waals surface area contributed by atoms with Crippen LogP contribution in [0, 0.1) is 17.1 Å². The maximum absolute atomic E-state index is 14.5. The first-order valence-corrected chi connectivity index (χ1v) is 14.8. The molecule has 2 N–H and O–H groups in total. The van der Waals surface area contributed by atoms with Gasteiger partial charge in [0.1, 0.15) is 5.82 Å². The largest absolute Gasteiger partial charge is 0.478 e. The Balaban J connectivity index is 1.28. The van der Waals surface area contributed by atoms with Crippen LogP contribution in [-0.2, 0) is 12.1 Å². The van der Waals surface area contributed by atoms with Crippen molar-refractivity contribution in [2.45, 2.75) is 24.9 Å². The number of carbonyl (C=O) groups is 2. The normalized spacial score (nSPS) is 13.2. The zero-order valence-electron chi connectivity index (χ0n) is 24.6. The van der Waals surface area contributed by atoms with Crippen molar-refractivity contribution in [1.29, 1.82) is 5.26 Å². The van der Waals surface area contributed by atoms with Gasteiger partial charge in [-0.1, -0.05) is 42.5 Å². The number of pyridine rings is 1. The predicted molar refractivity (Wildman–Crippen MR) is 173 cm³/mol. The Labute approximate surface area is 264 Å². The lowest BCUT2D eigenvalue weighted by atomic mass is 9.97. The number of carboxylic acid groups (broad SMARTS) is 1. The van der Waals surface area contributed by atoms with Crippen molar-refractivity contribution in [2.24, 2.45) is 0 Å². The molecule has 1 fully saturated rings.